The van der Waals surface area contributed by atoms with Crippen molar-refractivity contribution in [3.63, 3.8) is 0 Å². The summed E-state index contributed by atoms with van der Waals surface area (Å²) in [7, 11) is 0. The molecule has 1 saturated heterocycles. The van der Waals surface area contributed by atoms with Crippen molar-refractivity contribution in [2.24, 2.45) is 0 Å². The average Bonchev–Trinajstić information content (AvgIpc) is 3.20. The number of para-hydroxylation sites is 1. The number of aromatic nitrogens is 2. The monoisotopic (exact) mass is 417 g/mol. The summed E-state index contributed by atoms with van der Waals surface area (Å²) in [5.74, 6) is -0.218. The molecule has 1 fully saturated rings. The quantitative estimate of drug-likeness (QED) is 0.647. The molecule has 0 spiro atoms. The molecule has 2 amide bonds. The van der Waals surface area contributed by atoms with Gasteiger partial charge in [0.2, 0.25) is 10.9 Å². The van der Waals surface area contributed by atoms with Crippen molar-refractivity contribution in [3.05, 3.63) is 39.8 Å². The molecule has 0 unspecified atom stereocenters. The maximum absolute atomic E-state index is 12.3. The number of anilines is 1. The second-order valence-corrected chi connectivity index (χ2v) is 7.99. The minimum Gasteiger partial charge on any atom is -0.379 e. The van der Waals surface area contributed by atoms with Gasteiger partial charge in [0.15, 0.2) is 0 Å². The molecular formula is C20H27N5O3S. The molecule has 3 rings (SSSR count). The van der Waals surface area contributed by atoms with Crippen molar-refractivity contribution >= 4 is 28.8 Å². The number of carbonyl (C=O) groups is 2. The Morgan fingerprint density at radius 3 is 2.79 bits per heavy atom. The summed E-state index contributed by atoms with van der Waals surface area (Å²) >= 11 is 1.27. The van der Waals surface area contributed by atoms with Crippen LogP contribution in [-0.2, 0) is 16.0 Å². The predicted octanol–water partition coefficient (Wildman–Crippen LogP) is 1.87. The SMILES string of the molecule is Cc1ccccc1NC(=O)c1nnc(CCCC(=O)NCCN2CCOCC2)s1. The van der Waals surface area contributed by atoms with Gasteiger partial charge in [0, 0.05) is 44.7 Å². The molecule has 0 atom stereocenters. The first-order chi connectivity index (χ1) is 14.1. The number of morpholine rings is 1. The molecule has 156 valence electrons. The van der Waals surface area contributed by atoms with E-state index in [2.05, 4.69) is 25.7 Å². The zero-order chi connectivity index (χ0) is 20.5. The van der Waals surface area contributed by atoms with Crippen LogP contribution in [0, 0.1) is 6.92 Å². The molecule has 0 saturated carbocycles. The fourth-order valence-corrected chi connectivity index (χ4v) is 3.78. The molecule has 8 nitrogen and oxygen atoms in total. The Hall–Kier alpha value is -2.36. The fourth-order valence-electron chi connectivity index (χ4n) is 3.00. The minimum absolute atomic E-state index is 0.0419. The van der Waals surface area contributed by atoms with E-state index in [0.29, 0.717) is 30.8 Å². The van der Waals surface area contributed by atoms with Crippen LogP contribution in [-0.4, -0.2) is 66.3 Å². The van der Waals surface area contributed by atoms with Gasteiger partial charge in [0.25, 0.3) is 5.91 Å². The van der Waals surface area contributed by atoms with Crippen molar-refractivity contribution in [2.75, 3.05) is 44.7 Å². The number of hydrogen-bond acceptors (Lipinski definition) is 7. The zero-order valence-corrected chi connectivity index (χ0v) is 17.5. The second-order valence-electron chi connectivity index (χ2n) is 6.93. The molecule has 29 heavy (non-hydrogen) atoms. The fraction of sp³-hybridized carbons (Fsp3) is 0.500. The van der Waals surface area contributed by atoms with Gasteiger partial charge in [-0.3, -0.25) is 14.5 Å². The third kappa shape index (κ3) is 6.88. The van der Waals surface area contributed by atoms with Gasteiger partial charge in [-0.2, -0.15) is 0 Å². The lowest BCUT2D eigenvalue weighted by atomic mass is 10.2. The van der Waals surface area contributed by atoms with E-state index in [1.807, 2.05) is 31.2 Å². The highest BCUT2D eigenvalue weighted by atomic mass is 32.1. The van der Waals surface area contributed by atoms with Gasteiger partial charge in [-0.15, -0.1) is 10.2 Å². The second kappa shape index (κ2) is 11.0. The Balaban J connectivity index is 1.35. The van der Waals surface area contributed by atoms with Crippen molar-refractivity contribution in [1.82, 2.24) is 20.4 Å². The first-order valence-electron chi connectivity index (χ1n) is 9.88. The molecule has 9 heteroatoms. The predicted molar refractivity (Wildman–Crippen MR) is 112 cm³/mol. The van der Waals surface area contributed by atoms with E-state index in [1.165, 1.54) is 11.3 Å². The summed E-state index contributed by atoms with van der Waals surface area (Å²) in [4.78, 5) is 26.6. The third-order valence-electron chi connectivity index (χ3n) is 4.70. The molecule has 0 radical (unpaired) electrons. The number of rotatable bonds is 9. The number of hydrogen-bond donors (Lipinski definition) is 2. The van der Waals surface area contributed by atoms with Crippen LogP contribution in [0.4, 0.5) is 5.69 Å². The summed E-state index contributed by atoms with van der Waals surface area (Å²) < 4.78 is 5.31. The highest BCUT2D eigenvalue weighted by molar-refractivity contribution is 7.13. The summed E-state index contributed by atoms with van der Waals surface area (Å²) in [5.41, 5.74) is 1.76. The van der Waals surface area contributed by atoms with Crippen LogP contribution in [0.1, 0.15) is 33.2 Å². The Bertz CT molecular complexity index is 820. The van der Waals surface area contributed by atoms with Crippen LogP contribution in [0.15, 0.2) is 24.3 Å². The Morgan fingerprint density at radius 1 is 1.21 bits per heavy atom. The number of carbonyl (C=O) groups excluding carboxylic acids is 2. The van der Waals surface area contributed by atoms with Gasteiger partial charge in [0.1, 0.15) is 5.01 Å². The smallest absolute Gasteiger partial charge is 0.286 e. The minimum atomic E-state index is -0.260. The van der Waals surface area contributed by atoms with Crippen LogP contribution in [0.3, 0.4) is 0 Å². The number of amides is 2. The van der Waals surface area contributed by atoms with E-state index in [-0.39, 0.29) is 11.8 Å². The van der Waals surface area contributed by atoms with Crippen molar-refractivity contribution in [3.8, 4) is 0 Å². The molecule has 1 aliphatic rings. The topological polar surface area (TPSA) is 96.5 Å². The number of nitrogens with zero attached hydrogens (tertiary/aromatic N) is 3. The first-order valence-corrected chi connectivity index (χ1v) is 10.7. The van der Waals surface area contributed by atoms with Crippen molar-refractivity contribution in [2.45, 2.75) is 26.2 Å². The molecule has 0 bridgehead atoms. The maximum atomic E-state index is 12.3. The summed E-state index contributed by atoms with van der Waals surface area (Å²) in [6.07, 6.45) is 1.75. The number of ether oxygens (including phenoxy) is 1. The van der Waals surface area contributed by atoms with Gasteiger partial charge >= 0.3 is 0 Å². The van der Waals surface area contributed by atoms with E-state index < -0.39 is 0 Å². The molecule has 1 aliphatic heterocycles. The molecular weight excluding hydrogens is 390 g/mol. The van der Waals surface area contributed by atoms with Crippen molar-refractivity contribution < 1.29 is 14.3 Å². The highest BCUT2D eigenvalue weighted by Crippen LogP contribution is 2.17. The number of aryl methyl sites for hydroxylation is 2. The van der Waals surface area contributed by atoms with Gasteiger partial charge < -0.3 is 15.4 Å². The Labute approximate surface area is 174 Å². The van der Waals surface area contributed by atoms with E-state index in [1.54, 1.807) is 0 Å². The first kappa shape index (κ1) is 21.4. The van der Waals surface area contributed by atoms with E-state index in [9.17, 15) is 9.59 Å². The number of benzene rings is 1. The van der Waals surface area contributed by atoms with Crippen LogP contribution in [0.25, 0.3) is 0 Å². The Morgan fingerprint density at radius 2 is 2.00 bits per heavy atom. The number of nitrogens with one attached hydrogen (secondary N) is 2. The lowest BCUT2D eigenvalue weighted by Crippen LogP contribution is -2.41. The standard InChI is InChI=1S/C20H27N5O3S/c1-15-5-2-3-6-16(15)22-19(27)20-24-23-18(29-20)8-4-7-17(26)21-9-10-25-11-13-28-14-12-25/h2-3,5-6H,4,7-14H2,1H3,(H,21,26)(H,22,27). The highest BCUT2D eigenvalue weighted by Gasteiger charge is 2.14. The van der Waals surface area contributed by atoms with E-state index in [0.717, 1.165) is 49.1 Å². The van der Waals surface area contributed by atoms with Crippen LogP contribution in [0.5, 0.6) is 0 Å². The van der Waals surface area contributed by atoms with Crippen LogP contribution >= 0.6 is 11.3 Å². The zero-order valence-electron chi connectivity index (χ0n) is 16.6. The van der Waals surface area contributed by atoms with Gasteiger partial charge in [-0.05, 0) is 25.0 Å². The summed E-state index contributed by atoms with van der Waals surface area (Å²) in [5, 5.41) is 15.0. The molecule has 1 aromatic carbocycles. The Kier molecular flexibility index (Phi) is 8.09. The molecule has 2 heterocycles. The third-order valence-corrected chi connectivity index (χ3v) is 5.68. The normalized spacial score (nSPS) is 14.5. The summed E-state index contributed by atoms with van der Waals surface area (Å²) in [6, 6.07) is 7.59. The molecule has 1 aromatic heterocycles. The summed E-state index contributed by atoms with van der Waals surface area (Å²) in [6.45, 7) is 6.82. The van der Waals surface area contributed by atoms with Crippen molar-refractivity contribution in [1.29, 1.82) is 0 Å². The lowest BCUT2D eigenvalue weighted by Gasteiger charge is -2.26. The van der Waals surface area contributed by atoms with Crippen LogP contribution < -0.4 is 10.6 Å². The lowest BCUT2D eigenvalue weighted by molar-refractivity contribution is -0.121. The molecule has 0 aliphatic carbocycles. The maximum Gasteiger partial charge on any atom is 0.286 e. The van der Waals surface area contributed by atoms with Crippen LogP contribution in [0.2, 0.25) is 0 Å². The van der Waals surface area contributed by atoms with Gasteiger partial charge in [-0.25, -0.2) is 0 Å². The largest absolute Gasteiger partial charge is 0.379 e. The van der Waals surface area contributed by atoms with Gasteiger partial charge in [0.05, 0.1) is 13.2 Å². The van der Waals surface area contributed by atoms with Gasteiger partial charge in [-0.1, -0.05) is 29.5 Å². The molecule has 2 aromatic rings. The molecule has 2 N–H and O–H groups in total. The average molecular weight is 418 g/mol. The van der Waals surface area contributed by atoms with E-state index >= 15 is 0 Å². The van der Waals surface area contributed by atoms with E-state index in [4.69, 9.17) is 4.74 Å².